The van der Waals surface area contributed by atoms with Gasteiger partial charge in [0.25, 0.3) is 0 Å². The number of carboxylic acids is 2. The number of carboxylic acid groups (broad SMARTS) is 2. The van der Waals surface area contributed by atoms with E-state index in [0.29, 0.717) is 17.9 Å². The van der Waals surface area contributed by atoms with E-state index in [4.69, 9.17) is 14.9 Å². The third-order valence-electron chi connectivity index (χ3n) is 2.44. The molecule has 1 aromatic carbocycles. The van der Waals surface area contributed by atoms with Crippen LogP contribution < -0.4 is 4.74 Å². The van der Waals surface area contributed by atoms with E-state index in [0.717, 1.165) is 18.9 Å². The van der Waals surface area contributed by atoms with Gasteiger partial charge in [-0.15, -0.1) is 0 Å². The van der Waals surface area contributed by atoms with Crippen LogP contribution in [0.1, 0.15) is 25.3 Å². The van der Waals surface area contributed by atoms with Gasteiger partial charge in [0.05, 0.1) is 6.61 Å². The number of unbranched alkanes of at least 4 members (excludes halogenated alkanes) is 1. The summed E-state index contributed by atoms with van der Waals surface area (Å²) < 4.78 is 5.51. The Morgan fingerprint density at radius 3 is 2.42 bits per heavy atom. The molecule has 0 spiro atoms. The summed E-state index contributed by atoms with van der Waals surface area (Å²) in [7, 11) is 0. The maximum Gasteiger partial charge on any atom is 0.343 e. The van der Waals surface area contributed by atoms with Gasteiger partial charge in [0.1, 0.15) is 11.3 Å². The van der Waals surface area contributed by atoms with E-state index in [9.17, 15) is 9.59 Å². The van der Waals surface area contributed by atoms with Crippen LogP contribution in [0.25, 0.3) is 6.08 Å². The highest BCUT2D eigenvalue weighted by atomic mass is 16.5. The summed E-state index contributed by atoms with van der Waals surface area (Å²) in [6, 6.07) is 6.75. The molecule has 1 aromatic rings. The largest absolute Gasteiger partial charge is 0.493 e. The molecule has 0 radical (unpaired) electrons. The number of para-hydroxylation sites is 1. The second-order valence-corrected chi connectivity index (χ2v) is 3.91. The van der Waals surface area contributed by atoms with Crippen molar-refractivity contribution in [2.75, 3.05) is 6.61 Å². The van der Waals surface area contributed by atoms with Gasteiger partial charge in [-0.3, -0.25) is 0 Å². The maximum absolute atomic E-state index is 10.8. The van der Waals surface area contributed by atoms with Crippen LogP contribution >= 0.6 is 0 Å². The lowest BCUT2D eigenvalue weighted by atomic mass is 10.1. The summed E-state index contributed by atoms with van der Waals surface area (Å²) in [5.74, 6) is -2.47. The fraction of sp³-hybridized carbons (Fsp3) is 0.286. The molecule has 0 aromatic heterocycles. The molecular formula is C14H16O5. The molecule has 0 atom stereocenters. The van der Waals surface area contributed by atoms with Gasteiger partial charge >= 0.3 is 11.9 Å². The fourth-order valence-electron chi connectivity index (χ4n) is 1.43. The van der Waals surface area contributed by atoms with Crippen LogP contribution in [0.4, 0.5) is 0 Å². The zero-order valence-electron chi connectivity index (χ0n) is 10.6. The highest BCUT2D eigenvalue weighted by Gasteiger charge is 2.16. The Bertz CT molecular complexity index is 474. The topological polar surface area (TPSA) is 83.8 Å². The lowest BCUT2D eigenvalue weighted by Gasteiger charge is -2.08. The van der Waals surface area contributed by atoms with Crippen molar-refractivity contribution in [3.05, 3.63) is 35.4 Å². The van der Waals surface area contributed by atoms with E-state index in [-0.39, 0.29) is 0 Å². The Morgan fingerprint density at radius 1 is 1.21 bits per heavy atom. The zero-order valence-corrected chi connectivity index (χ0v) is 10.6. The van der Waals surface area contributed by atoms with Crippen molar-refractivity contribution in [2.45, 2.75) is 19.8 Å². The minimum absolute atomic E-state index is 0.443. The summed E-state index contributed by atoms with van der Waals surface area (Å²) >= 11 is 0. The maximum atomic E-state index is 10.8. The molecule has 0 amide bonds. The first kappa shape index (κ1) is 14.8. The standard InChI is InChI=1S/C14H16O5/c1-2-3-8-19-12-7-5-4-6-10(12)9-11(13(15)16)14(17)18/h4-7,9H,2-3,8H2,1H3,(H,15,16)(H,17,18). The molecule has 0 heterocycles. The van der Waals surface area contributed by atoms with Crippen molar-refractivity contribution in [2.24, 2.45) is 0 Å². The van der Waals surface area contributed by atoms with Crippen molar-refractivity contribution in [3.8, 4) is 5.75 Å². The molecule has 0 saturated heterocycles. The van der Waals surface area contributed by atoms with E-state index >= 15 is 0 Å². The minimum Gasteiger partial charge on any atom is -0.493 e. The molecule has 5 nitrogen and oxygen atoms in total. The smallest absolute Gasteiger partial charge is 0.343 e. The van der Waals surface area contributed by atoms with Crippen LogP contribution in [0.15, 0.2) is 29.8 Å². The van der Waals surface area contributed by atoms with Gasteiger partial charge in [-0.2, -0.15) is 0 Å². The zero-order chi connectivity index (χ0) is 14.3. The molecule has 0 aliphatic rings. The molecule has 0 bridgehead atoms. The first-order chi connectivity index (χ1) is 9.06. The summed E-state index contributed by atoms with van der Waals surface area (Å²) in [5, 5.41) is 17.6. The lowest BCUT2D eigenvalue weighted by molar-refractivity contribution is -0.139. The number of carbonyl (C=O) groups is 2. The summed E-state index contributed by atoms with van der Waals surface area (Å²) in [6.07, 6.45) is 2.96. The van der Waals surface area contributed by atoms with Crippen molar-refractivity contribution < 1.29 is 24.5 Å². The Kier molecular flexibility index (Phi) is 5.60. The van der Waals surface area contributed by atoms with Crippen LogP contribution in [0.5, 0.6) is 5.75 Å². The number of hydrogen-bond acceptors (Lipinski definition) is 3. The Morgan fingerprint density at radius 2 is 1.84 bits per heavy atom. The SMILES string of the molecule is CCCCOc1ccccc1C=C(C(=O)O)C(=O)O. The number of benzene rings is 1. The monoisotopic (exact) mass is 264 g/mol. The van der Waals surface area contributed by atoms with Crippen LogP contribution in [0.2, 0.25) is 0 Å². The summed E-state index contributed by atoms with van der Waals surface area (Å²) in [6.45, 7) is 2.54. The van der Waals surface area contributed by atoms with E-state index < -0.39 is 17.5 Å². The molecule has 1 rings (SSSR count). The molecule has 5 heteroatoms. The Labute approximate surface area is 111 Å². The molecule has 0 aliphatic heterocycles. The predicted molar refractivity (Wildman–Crippen MR) is 70.1 cm³/mol. The third kappa shape index (κ3) is 4.46. The third-order valence-corrected chi connectivity index (χ3v) is 2.44. The average Bonchev–Trinajstić information content (AvgIpc) is 2.37. The number of aliphatic carboxylic acids is 2. The number of ether oxygens (including phenoxy) is 1. The van der Waals surface area contributed by atoms with Gasteiger partial charge in [-0.25, -0.2) is 9.59 Å². The van der Waals surface area contributed by atoms with Gasteiger partial charge in [0, 0.05) is 5.56 Å². The van der Waals surface area contributed by atoms with Crippen LogP contribution in [-0.2, 0) is 9.59 Å². The van der Waals surface area contributed by atoms with Crippen LogP contribution in [0, 0.1) is 0 Å². The van der Waals surface area contributed by atoms with Gasteiger partial charge < -0.3 is 14.9 Å². The first-order valence-corrected chi connectivity index (χ1v) is 5.96. The van der Waals surface area contributed by atoms with Crippen molar-refractivity contribution in [3.63, 3.8) is 0 Å². The Balaban J connectivity index is 3.02. The average molecular weight is 264 g/mol. The molecule has 0 saturated carbocycles. The van der Waals surface area contributed by atoms with Crippen molar-refractivity contribution >= 4 is 18.0 Å². The number of hydrogen-bond donors (Lipinski definition) is 2. The molecular weight excluding hydrogens is 248 g/mol. The van der Waals surface area contributed by atoms with E-state index in [2.05, 4.69) is 0 Å². The second-order valence-electron chi connectivity index (χ2n) is 3.91. The van der Waals surface area contributed by atoms with Gasteiger partial charge in [0.15, 0.2) is 0 Å². The van der Waals surface area contributed by atoms with E-state index in [1.807, 2.05) is 6.92 Å². The molecule has 0 aliphatic carbocycles. The normalized spacial score (nSPS) is 9.74. The minimum atomic E-state index is -1.48. The van der Waals surface area contributed by atoms with E-state index in [1.165, 1.54) is 0 Å². The molecule has 19 heavy (non-hydrogen) atoms. The molecule has 102 valence electrons. The number of rotatable bonds is 7. The van der Waals surface area contributed by atoms with Gasteiger partial charge in [-0.1, -0.05) is 31.5 Å². The quantitative estimate of drug-likeness (QED) is 0.342. The van der Waals surface area contributed by atoms with Crippen molar-refractivity contribution in [1.82, 2.24) is 0 Å². The van der Waals surface area contributed by atoms with E-state index in [1.54, 1.807) is 24.3 Å². The van der Waals surface area contributed by atoms with Gasteiger partial charge in [-0.05, 0) is 18.6 Å². The molecule has 2 N–H and O–H groups in total. The van der Waals surface area contributed by atoms with Gasteiger partial charge in [0.2, 0.25) is 0 Å². The predicted octanol–water partition coefficient (Wildman–Crippen LogP) is 2.42. The lowest BCUT2D eigenvalue weighted by Crippen LogP contribution is -2.11. The molecule has 0 unspecified atom stereocenters. The highest BCUT2D eigenvalue weighted by Crippen LogP contribution is 2.21. The first-order valence-electron chi connectivity index (χ1n) is 5.96. The highest BCUT2D eigenvalue weighted by molar-refractivity contribution is 6.16. The van der Waals surface area contributed by atoms with Crippen molar-refractivity contribution in [1.29, 1.82) is 0 Å². The van der Waals surface area contributed by atoms with Crippen LogP contribution in [-0.4, -0.2) is 28.8 Å². The second kappa shape index (κ2) is 7.20. The summed E-state index contributed by atoms with van der Waals surface area (Å²) in [4.78, 5) is 21.7. The fourth-order valence-corrected chi connectivity index (χ4v) is 1.43. The Hall–Kier alpha value is -2.30. The van der Waals surface area contributed by atoms with Crippen LogP contribution in [0.3, 0.4) is 0 Å². The summed E-state index contributed by atoms with van der Waals surface area (Å²) in [5.41, 5.74) is -0.245. The molecule has 0 fully saturated rings.